The molecule has 3 N–H and O–H groups in total. The maximum atomic E-state index is 10.5. The molecule has 1 saturated carbocycles. The second-order valence-corrected chi connectivity index (χ2v) is 7.98. The van der Waals surface area contributed by atoms with Crippen LogP contribution in [0, 0.1) is 18.8 Å². The van der Waals surface area contributed by atoms with Crippen LogP contribution >= 0.6 is 0 Å². The van der Waals surface area contributed by atoms with E-state index in [2.05, 4.69) is 11.0 Å². The number of rotatable bonds is 4. The van der Waals surface area contributed by atoms with Crippen LogP contribution in [0.4, 0.5) is 0 Å². The molecule has 0 bridgehead atoms. The number of nitrogens with two attached hydrogens (primary N) is 1. The SMILES string of the molecule is Cc1ccc2c(c1O)CC(C1CCN(CC3CC3)CC1)OC2CN. The Balaban J connectivity index is 1.46. The summed E-state index contributed by atoms with van der Waals surface area (Å²) in [7, 11) is 0. The fraction of sp³-hybridized carbons (Fsp3) is 0.700. The molecule has 4 rings (SSSR count). The van der Waals surface area contributed by atoms with Crippen LogP contribution in [-0.2, 0) is 11.2 Å². The lowest BCUT2D eigenvalue weighted by Gasteiger charge is -2.40. The third kappa shape index (κ3) is 3.19. The Bertz CT molecular complexity index is 592. The topological polar surface area (TPSA) is 58.7 Å². The summed E-state index contributed by atoms with van der Waals surface area (Å²) in [4.78, 5) is 2.63. The molecule has 2 fully saturated rings. The number of hydrogen-bond donors (Lipinski definition) is 2. The number of fused-ring (bicyclic) bond motifs is 1. The minimum absolute atomic E-state index is 0.0743. The molecule has 1 aromatic rings. The smallest absolute Gasteiger partial charge is 0.122 e. The van der Waals surface area contributed by atoms with E-state index in [0.717, 1.165) is 29.0 Å². The van der Waals surface area contributed by atoms with Gasteiger partial charge in [-0.3, -0.25) is 0 Å². The van der Waals surface area contributed by atoms with Crippen molar-refractivity contribution in [1.29, 1.82) is 0 Å². The second-order valence-electron chi connectivity index (χ2n) is 7.98. The quantitative estimate of drug-likeness (QED) is 0.891. The number of aryl methyl sites for hydroxylation is 1. The summed E-state index contributed by atoms with van der Waals surface area (Å²) < 4.78 is 6.37. The summed E-state index contributed by atoms with van der Waals surface area (Å²) in [5.74, 6) is 2.01. The van der Waals surface area contributed by atoms with Crippen molar-refractivity contribution in [3.05, 3.63) is 28.8 Å². The van der Waals surface area contributed by atoms with Crippen molar-refractivity contribution in [3.8, 4) is 5.75 Å². The number of benzene rings is 1. The molecule has 0 amide bonds. The summed E-state index contributed by atoms with van der Waals surface area (Å²) in [6, 6.07) is 4.05. The number of phenolic OH excluding ortho intramolecular Hbond substituents is 1. The van der Waals surface area contributed by atoms with Gasteiger partial charge in [-0.2, -0.15) is 0 Å². The molecule has 1 aromatic carbocycles. The minimum Gasteiger partial charge on any atom is -0.507 e. The Hall–Kier alpha value is -1.10. The molecule has 132 valence electrons. The van der Waals surface area contributed by atoms with Crippen molar-refractivity contribution in [2.75, 3.05) is 26.2 Å². The average molecular weight is 330 g/mol. The highest BCUT2D eigenvalue weighted by molar-refractivity contribution is 5.47. The van der Waals surface area contributed by atoms with E-state index < -0.39 is 0 Å². The lowest BCUT2D eigenvalue weighted by atomic mass is 9.83. The molecule has 0 radical (unpaired) electrons. The lowest BCUT2D eigenvalue weighted by Crippen LogP contribution is -2.42. The molecule has 1 saturated heterocycles. The molecule has 24 heavy (non-hydrogen) atoms. The van der Waals surface area contributed by atoms with Gasteiger partial charge in [0.25, 0.3) is 0 Å². The van der Waals surface area contributed by atoms with Gasteiger partial charge in [0.1, 0.15) is 5.75 Å². The van der Waals surface area contributed by atoms with Crippen molar-refractivity contribution in [2.24, 2.45) is 17.6 Å². The molecule has 4 nitrogen and oxygen atoms in total. The molecule has 2 aliphatic heterocycles. The van der Waals surface area contributed by atoms with E-state index in [4.69, 9.17) is 10.5 Å². The number of piperidine rings is 1. The highest BCUT2D eigenvalue weighted by Crippen LogP contribution is 2.40. The van der Waals surface area contributed by atoms with E-state index in [1.165, 1.54) is 45.3 Å². The Kier molecular flexibility index (Phi) is 4.54. The van der Waals surface area contributed by atoms with Crippen molar-refractivity contribution in [3.63, 3.8) is 0 Å². The van der Waals surface area contributed by atoms with Gasteiger partial charge in [0.2, 0.25) is 0 Å². The predicted molar refractivity (Wildman–Crippen MR) is 95.1 cm³/mol. The van der Waals surface area contributed by atoms with E-state index in [1.54, 1.807) is 0 Å². The van der Waals surface area contributed by atoms with Gasteiger partial charge in [-0.05, 0) is 68.7 Å². The zero-order valence-electron chi connectivity index (χ0n) is 14.7. The van der Waals surface area contributed by atoms with Crippen LogP contribution in [0.5, 0.6) is 5.75 Å². The predicted octanol–water partition coefficient (Wildman–Crippen LogP) is 2.76. The van der Waals surface area contributed by atoms with E-state index in [1.807, 2.05) is 13.0 Å². The highest BCUT2D eigenvalue weighted by Gasteiger charge is 2.36. The van der Waals surface area contributed by atoms with Gasteiger partial charge in [-0.1, -0.05) is 12.1 Å². The molecule has 4 heteroatoms. The summed E-state index contributed by atoms with van der Waals surface area (Å²) in [5.41, 5.74) is 9.07. The first-order valence-electron chi connectivity index (χ1n) is 9.55. The summed E-state index contributed by atoms with van der Waals surface area (Å²) >= 11 is 0. The molecule has 3 aliphatic rings. The monoisotopic (exact) mass is 330 g/mol. The fourth-order valence-corrected chi connectivity index (χ4v) is 4.45. The van der Waals surface area contributed by atoms with Gasteiger partial charge in [-0.25, -0.2) is 0 Å². The number of phenols is 1. The first-order valence-corrected chi connectivity index (χ1v) is 9.55. The molecular weight excluding hydrogens is 300 g/mol. The standard InChI is InChI=1S/C20H30N2O2/c1-13-2-5-16-17(20(13)23)10-18(24-19(16)11-21)15-6-8-22(9-7-15)12-14-3-4-14/h2,5,14-15,18-19,23H,3-4,6-12,21H2,1H3. The van der Waals surface area contributed by atoms with Crippen molar-refractivity contribution in [1.82, 2.24) is 4.90 Å². The van der Waals surface area contributed by atoms with E-state index in [0.29, 0.717) is 18.2 Å². The number of nitrogens with zero attached hydrogens (tertiary/aromatic N) is 1. The van der Waals surface area contributed by atoms with Crippen LogP contribution < -0.4 is 5.73 Å². The van der Waals surface area contributed by atoms with Crippen LogP contribution in [0.3, 0.4) is 0 Å². The fourth-order valence-electron chi connectivity index (χ4n) is 4.45. The Morgan fingerprint density at radius 3 is 2.62 bits per heavy atom. The Labute approximate surface area is 145 Å². The molecule has 0 spiro atoms. The Morgan fingerprint density at radius 1 is 1.21 bits per heavy atom. The maximum Gasteiger partial charge on any atom is 0.122 e. The Morgan fingerprint density at radius 2 is 1.96 bits per heavy atom. The van der Waals surface area contributed by atoms with Crippen LogP contribution in [0.1, 0.15) is 48.5 Å². The molecule has 0 aromatic heterocycles. The second kappa shape index (κ2) is 6.66. The van der Waals surface area contributed by atoms with Gasteiger partial charge >= 0.3 is 0 Å². The van der Waals surface area contributed by atoms with Gasteiger partial charge in [-0.15, -0.1) is 0 Å². The molecule has 2 unspecified atom stereocenters. The maximum absolute atomic E-state index is 10.5. The summed E-state index contributed by atoms with van der Waals surface area (Å²) in [5, 5.41) is 10.5. The third-order valence-electron chi connectivity index (χ3n) is 6.20. The van der Waals surface area contributed by atoms with Crippen molar-refractivity contribution < 1.29 is 9.84 Å². The number of likely N-dealkylation sites (tertiary alicyclic amines) is 1. The minimum atomic E-state index is -0.0743. The van der Waals surface area contributed by atoms with Crippen molar-refractivity contribution in [2.45, 2.75) is 51.2 Å². The van der Waals surface area contributed by atoms with E-state index >= 15 is 0 Å². The highest BCUT2D eigenvalue weighted by atomic mass is 16.5. The first kappa shape index (κ1) is 16.4. The molecule has 2 heterocycles. The van der Waals surface area contributed by atoms with Crippen LogP contribution in [0.25, 0.3) is 0 Å². The number of hydrogen-bond acceptors (Lipinski definition) is 4. The van der Waals surface area contributed by atoms with Crippen LogP contribution in [0.2, 0.25) is 0 Å². The first-order chi connectivity index (χ1) is 11.7. The normalized spacial score (nSPS) is 28.8. The third-order valence-corrected chi connectivity index (χ3v) is 6.20. The molecule has 1 aliphatic carbocycles. The average Bonchev–Trinajstić information content (AvgIpc) is 3.42. The number of aromatic hydroxyl groups is 1. The summed E-state index contributed by atoms with van der Waals surface area (Å²) in [6.07, 6.45) is 6.22. The van der Waals surface area contributed by atoms with Crippen molar-refractivity contribution >= 4 is 0 Å². The largest absolute Gasteiger partial charge is 0.507 e. The molecular formula is C20H30N2O2. The van der Waals surface area contributed by atoms with Crippen LogP contribution in [-0.4, -0.2) is 42.3 Å². The molecule has 2 atom stereocenters. The van der Waals surface area contributed by atoms with Gasteiger partial charge < -0.3 is 20.5 Å². The van der Waals surface area contributed by atoms with Crippen LogP contribution in [0.15, 0.2) is 12.1 Å². The van der Waals surface area contributed by atoms with E-state index in [-0.39, 0.29) is 12.2 Å². The zero-order chi connectivity index (χ0) is 16.7. The van der Waals surface area contributed by atoms with Gasteiger partial charge in [0, 0.05) is 25.1 Å². The van der Waals surface area contributed by atoms with Gasteiger partial charge in [0.05, 0.1) is 12.2 Å². The summed E-state index contributed by atoms with van der Waals surface area (Å²) in [6.45, 7) is 6.13. The van der Waals surface area contributed by atoms with Gasteiger partial charge in [0.15, 0.2) is 0 Å². The lowest BCUT2D eigenvalue weighted by molar-refractivity contribution is -0.0648. The zero-order valence-corrected chi connectivity index (χ0v) is 14.7. The van der Waals surface area contributed by atoms with E-state index in [9.17, 15) is 5.11 Å². The number of ether oxygens (including phenoxy) is 1.